The van der Waals surface area contributed by atoms with Gasteiger partial charge in [-0.3, -0.25) is 4.79 Å². The molecule has 0 aliphatic heterocycles. The molecule has 1 aromatic carbocycles. The average molecular weight is 444 g/mol. The maximum absolute atomic E-state index is 12.6. The van der Waals surface area contributed by atoms with Crippen molar-refractivity contribution < 1.29 is 42.1 Å². The molecule has 0 saturated heterocycles. The normalized spacial score (nSPS) is 13.0. The highest BCUT2D eigenvalue weighted by atomic mass is 35.5. The number of ketones is 1. The second-order valence-electron chi connectivity index (χ2n) is 5.95. The number of hydrogen-bond acceptors (Lipinski definition) is 5. The van der Waals surface area contributed by atoms with Crippen LogP contribution >= 0.6 is 11.6 Å². The van der Waals surface area contributed by atoms with E-state index in [4.69, 9.17) is 26.6 Å². The van der Waals surface area contributed by atoms with Gasteiger partial charge in [0.1, 0.15) is 22.9 Å². The summed E-state index contributed by atoms with van der Waals surface area (Å²) in [4.78, 5) is 29.7. The van der Waals surface area contributed by atoms with E-state index in [2.05, 4.69) is 9.77 Å². The minimum atomic E-state index is -4.61. The first kappa shape index (κ1) is 22.9. The lowest BCUT2D eigenvalue weighted by Crippen LogP contribution is -2.49. The molecule has 2 rings (SSSR count). The second-order valence-corrected chi connectivity index (χ2v) is 6.36. The van der Waals surface area contributed by atoms with Crippen LogP contribution in [0.4, 0.5) is 13.2 Å². The van der Waals surface area contributed by atoms with Crippen LogP contribution in [0.1, 0.15) is 18.9 Å². The predicted molar refractivity (Wildman–Crippen MR) is 96.7 cm³/mol. The molecule has 2 aromatic rings. The first-order chi connectivity index (χ1) is 14.0. The Bertz CT molecular complexity index is 1010. The topological polar surface area (TPSA) is 122 Å². The molecular formula is C18H13ClF3N3O5. The third kappa shape index (κ3) is 5.34. The van der Waals surface area contributed by atoms with E-state index in [0.717, 1.165) is 13.1 Å². The van der Waals surface area contributed by atoms with Crippen LogP contribution in [-0.2, 0) is 15.8 Å². The highest BCUT2D eigenvalue weighted by Gasteiger charge is 2.43. The van der Waals surface area contributed by atoms with Gasteiger partial charge in [-0.05, 0) is 37.3 Å². The molecule has 1 N–H and O–H groups in total. The van der Waals surface area contributed by atoms with Crippen molar-refractivity contribution >= 4 is 29.6 Å². The summed E-state index contributed by atoms with van der Waals surface area (Å²) in [6.45, 7) is 1.04. The van der Waals surface area contributed by atoms with E-state index in [-0.39, 0.29) is 22.4 Å². The lowest BCUT2D eigenvalue weighted by molar-refractivity contribution is -0.159. The second kappa shape index (κ2) is 8.93. The van der Waals surface area contributed by atoms with E-state index in [1.54, 1.807) is 0 Å². The highest BCUT2D eigenvalue weighted by Crippen LogP contribution is 2.35. The van der Waals surface area contributed by atoms with Gasteiger partial charge in [-0.15, -0.1) is 0 Å². The number of ether oxygens (including phenoxy) is 2. The number of carboxylic acid groups (broad SMARTS) is 1. The lowest BCUT2D eigenvalue weighted by atomic mass is 9.98. The van der Waals surface area contributed by atoms with Gasteiger partial charge in [0, 0.05) is 6.20 Å². The number of pyridine rings is 1. The molecule has 0 fully saturated rings. The van der Waals surface area contributed by atoms with Crippen molar-refractivity contribution in [2.24, 2.45) is 0 Å². The highest BCUT2D eigenvalue weighted by molar-refractivity contribution is 6.31. The van der Waals surface area contributed by atoms with Crippen molar-refractivity contribution in [3.05, 3.63) is 52.6 Å². The van der Waals surface area contributed by atoms with Crippen molar-refractivity contribution in [2.45, 2.75) is 25.1 Å². The monoisotopic (exact) mass is 443 g/mol. The van der Waals surface area contributed by atoms with Crippen molar-refractivity contribution in [1.29, 1.82) is 0 Å². The number of carboxylic acids is 1. The zero-order chi connectivity index (χ0) is 22.5. The number of benzene rings is 1. The molecule has 0 radical (unpaired) electrons. The maximum atomic E-state index is 12.6. The summed E-state index contributed by atoms with van der Waals surface area (Å²) in [5.74, 6) is -2.58. The Morgan fingerprint density at radius 3 is 2.37 bits per heavy atom. The Morgan fingerprint density at radius 1 is 1.27 bits per heavy atom. The third-order valence-electron chi connectivity index (χ3n) is 3.79. The Balaban J connectivity index is 2.17. The fraction of sp³-hybridized carbons (Fsp3) is 0.222. The number of carbonyl (C=O) groups excluding carboxylic acids is 1. The van der Waals surface area contributed by atoms with E-state index in [1.807, 2.05) is 0 Å². The number of carbonyl (C=O) groups is 2. The molecule has 1 unspecified atom stereocenters. The average Bonchev–Trinajstić information content (AvgIpc) is 2.68. The molecule has 0 bridgehead atoms. The van der Waals surface area contributed by atoms with Crippen LogP contribution in [0.15, 0.2) is 36.5 Å². The standard InChI is InChI=1S/C18H13ClF3N3O5/c1-17(16(27)28,14(26)6-7-25-23)30-12-4-2-11(3-5-12)29-15-13(19)8-10(9-24-15)18(20,21)22/h2-5,7-9H,6H2,1H3,(H,27,28). The Kier molecular flexibility index (Phi) is 6.81. The zero-order valence-corrected chi connectivity index (χ0v) is 15.9. The third-order valence-corrected chi connectivity index (χ3v) is 4.06. The zero-order valence-electron chi connectivity index (χ0n) is 15.2. The Hall–Kier alpha value is -3.43. The number of nitrogens with zero attached hydrogens (tertiary/aromatic N) is 3. The molecule has 1 heterocycles. The van der Waals surface area contributed by atoms with Crippen LogP contribution < -0.4 is 9.47 Å². The maximum Gasteiger partial charge on any atom is 0.417 e. The summed E-state index contributed by atoms with van der Waals surface area (Å²) in [5, 5.41) is 8.98. The molecule has 0 aliphatic carbocycles. The van der Waals surface area contributed by atoms with Crippen molar-refractivity contribution in [3.63, 3.8) is 0 Å². The molecule has 0 aliphatic rings. The number of aromatic nitrogens is 1. The van der Waals surface area contributed by atoms with E-state index in [9.17, 15) is 27.9 Å². The molecule has 12 heteroatoms. The van der Waals surface area contributed by atoms with Crippen LogP contribution in [0.2, 0.25) is 5.02 Å². The lowest BCUT2D eigenvalue weighted by Gasteiger charge is -2.24. The van der Waals surface area contributed by atoms with Crippen LogP contribution in [0.3, 0.4) is 0 Å². The van der Waals surface area contributed by atoms with Crippen molar-refractivity contribution in [3.8, 4) is 17.4 Å². The number of aliphatic carboxylic acids is 1. The van der Waals surface area contributed by atoms with Crippen LogP contribution in [0, 0.1) is 0 Å². The molecule has 8 nitrogen and oxygen atoms in total. The summed E-state index contributed by atoms with van der Waals surface area (Å²) in [6, 6.07) is 5.85. The SMILES string of the molecule is CC(Oc1ccc(Oc2ncc(C(F)(F)F)cc2Cl)cc1)(C(=O)O)C(=O)CC=[N+]=[N-]. The predicted octanol–water partition coefficient (Wildman–Crippen LogP) is 4.03. The number of hydrogen-bond donors (Lipinski definition) is 1. The molecular weight excluding hydrogens is 431 g/mol. The van der Waals surface area contributed by atoms with E-state index < -0.39 is 35.5 Å². The van der Waals surface area contributed by atoms with Gasteiger partial charge in [-0.1, -0.05) is 11.6 Å². The Morgan fingerprint density at radius 2 is 1.87 bits per heavy atom. The van der Waals surface area contributed by atoms with Crippen molar-refractivity contribution in [2.75, 3.05) is 0 Å². The number of halogens is 4. The van der Waals surface area contributed by atoms with Crippen molar-refractivity contribution in [1.82, 2.24) is 4.98 Å². The molecule has 158 valence electrons. The number of rotatable bonds is 8. The van der Waals surface area contributed by atoms with Crippen LogP contribution in [0.5, 0.6) is 17.4 Å². The summed E-state index contributed by atoms with van der Waals surface area (Å²) in [6.07, 6.45) is -3.69. The number of alkyl halides is 3. The fourth-order valence-corrected chi connectivity index (χ4v) is 2.32. The molecule has 1 aromatic heterocycles. The molecule has 30 heavy (non-hydrogen) atoms. The molecule has 0 saturated carbocycles. The van der Waals surface area contributed by atoms with E-state index in [1.165, 1.54) is 24.3 Å². The van der Waals surface area contributed by atoms with Gasteiger partial charge in [-0.2, -0.15) is 18.0 Å². The van der Waals surface area contributed by atoms with Gasteiger partial charge in [0.15, 0.2) is 5.78 Å². The first-order valence-electron chi connectivity index (χ1n) is 8.09. The van der Waals surface area contributed by atoms with Crippen LogP contribution in [0.25, 0.3) is 5.53 Å². The van der Waals surface area contributed by atoms with Gasteiger partial charge in [0.2, 0.25) is 5.88 Å². The largest absolute Gasteiger partial charge is 0.478 e. The quantitative estimate of drug-likeness (QED) is 0.284. The smallest absolute Gasteiger partial charge is 0.417 e. The number of Topliss-reactive ketones (excluding diaryl/α,β-unsaturated/α-hetero) is 1. The van der Waals surface area contributed by atoms with E-state index >= 15 is 0 Å². The first-order valence-corrected chi connectivity index (χ1v) is 8.47. The summed E-state index contributed by atoms with van der Waals surface area (Å²) in [7, 11) is 0. The summed E-state index contributed by atoms with van der Waals surface area (Å²) >= 11 is 5.77. The molecule has 0 spiro atoms. The Labute approximate surface area is 172 Å². The minimum absolute atomic E-state index is 0.00647. The van der Waals surface area contributed by atoms with Crippen LogP contribution in [-0.4, -0.2) is 38.4 Å². The van der Waals surface area contributed by atoms with Gasteiger partial charge in [0.05, 0.1) is 5.56 Å². The van der Waals surface area contributed by atoms with Gasteiger partial charge in [0.25, 0.3) is 11.8 Å². The molecule has 0 amide bonds. The minimum Gasteiger partial charge on any atom is -0.478 e. The molecule has 1 atom stereocenters. The van der Waals surface area contributed by atoms with Gasteiger partial charge < -0.3 is 20.1 Å². The van der Waals surface area contributed by atoms with Gasteiger partial charge >= 0.3 is 12.1 Å². The summed E-state index contributed by atoms with van der Waals surface area (Å²) in [5.41, 5.74) is 5.10. The summed E-state index contributed by atoms with van der Waals surface area (Å²) < 4.78 is 48.6. The van der Waals surface area contributed by atoms with Gasteiger partial charge in [-0.25, -0.2) is 9.78 Å². The fourth-order valence-electron chi connectivity index (χ4n) is 2.12. The van der Waals surface area contributed by atoms with E-state index in [0.29, 0.717) is 12.3 Å².